The van der Waals surface area contributed by atoms with Crippen LogP contribution in [0.2, 0.25) is 0 Å². The number of ether oxygens (including phenoxy) is 1. The lowest BCUT2D eigenvalue weighted by Crippen LogP contribution is -2.54. The molecule has 0 aliphatic heterocycles. The molecule has 0 saturated heterocycles. The van der Waals surface area contributed by atoms with Gasteiger partial charge in [0, 0.05) is 26.0 Å². The van der Waals surface area contributed by atoms with Crippen LogP contribution < -0.4 is 5.32 Å². The second-order valence-corrected chi connectivity index (χ2v) is 13.7. The van der Waals surface area contributed by atoms with Crippen LogP contribution in [0.4, 0.5) is 0 Å². The fourth-order valence-electron chi connectivity index (χ4n) is 5.50. The molecule has 0 bridgehead atoms. The van der Waals surface area contributed by atoms with Crippen LogP contribution >= 0.6 is 7.82 Å². The van der Waals surface area contributed by atoms with Crippen LogP contribution in [0, 0.1) is 0 Å². The number of nitrogens with one attached hydrogen (secondary N) is 1. The zero-order valence-corrected chi connectivity index (χ0v) is 27.6. The summed E-state index contributed by atoms with van der Waals surface area (Å²) in [5, 5.41) is 12.4. The molecule has 0 heterocycles. The number of carbonyl (C=O) groups excluding carboxylic acids is 1. The predicted octanol–water partition coefficient (Wildman–Crippen LogP) is 6.19. The third-order valence-corrected chi connectivity index (χ3v) is 7.71. The normalized spacial score (nSPS) is 14.5. The van der Waals surface area contributed by atoms with E-state index >= 15 is 0 Å². The van der Waals surface area contributed by atoms with Gasteiger partial charge in [-0.2, -0.15) is 0 Å². The van der Waals surface area contributed by atoms with Gasteiger partial charge in [-0.05, 0) is 13.3 Å². The van der Waals surface area contributed by atoms with Gasteiger partial charge < -0.3 is 29.4 Å². The number of unbranched alkanes of at least 4 members (excludes halogenated alkanes) is 14. The second kappa shape index (κ2) is 22.5. The molecule has 11 heteroatoms. The fraction of sp³-hybridized carbons (Fsp3) is 0.933. The summed E-state index contributed by atoms with van der Waals surface area (Å²) in [7, 11) is 0.359. The highest BCUT2D eigenvalue weighted by Gasteiger charge is 2.46. The number of phosphoric ester groups is 1. The van der Waals surface area contributed by atoms with E-state index in [0.29, 0.717) is 13.0 Å². The van der Waals surface area contributed by atoms with Crippen molar-refractivity contribution in [3.8, 4) is 0 Å². The van der Waals surface area contributed by atoms with E-state index in [0.717, 1.165) is 19.3 Å². The first kappa shape index (κ1) is 40.0. The number of aliphatic carboxylic acids is 1. The van der Waals surface area contributed by atoms with E-state index in [1.165, 1.54) is 77.0 Å². The number of carboxylic acids is 1. The molecule has 2 atom stereocenters. The SMILES string of the molecule is CCCCCCCCCCCCCCCCCC(=O)NCC(CC(CC(=O)O)(C[N+](C)(C)C)OP(=O)(O)O)OCC. The van der Waals surface area contributed by atoms with E-state index in [4.69, 9.17) is 9.26 Å². The topological polar surface area (TPSA) is 142 Å². The maximum atomic E-state index is 12.5. The number of carboxylic acid groups (broad SMARTS) is 1. The monoisotopic (exact) mass is 609 g/mol. The molecule has 0 rings (SSSR count). The van der Waals surface area contributed by atoms with Crippen LogP contribution in [0.3, 0.4) is 0 Å². The molecule has 0 spiro atoms. The molecule has 0 aromatic heterocycles. The number of hydrogen-bond acceptors (Lipinski definition) is 5. The van der Waals surface area contributed by atoms with Gasteiger partial charge in [-0.25, -0.2) is 4.57 Å². The first-order valence-electron chi connectivity index (χ1n) is 15.9. The van der Waals surface area contributed by atoms with Gasteiger partial charge in [0.15, 0.2) is 0 Å². The minimum atomic E-state index is -5.00. The van der Waals surface area contributed by atoms with Crippen molar-refractivity contribution in [3.63, 3.8) is 0 Å². The van der Waals surface area contributed by atoms with Crippen molar-refractivity contribution in [2.75, 3.05) is 40.8 Å². The van der Waals surface area contributed by atoms with Crippen LogP contribution in [0.15, 0.2) is 0 Å². The Hall–Kier alpha value is -1.03. The highest BCUT2D eigenvalue weighted by atomic mass is 31.2. The molecule has 0 saturated carbocycles. The zero-order valence-electron chi connectivity index (χ0n) is 26.7. The number of quaternary nitrogens is 1. The quantitative estimate of drug-likeness (QED) is 0.0467. The Bertz CT molecular complexity index is 740. The smallest absolute Gasteiger partial charge is 0.470 e. The van der Waals surface area contributed by atoms with Crippen LogP contribution in [-0.4, -0.2) is 83.8 Å². The first-order valence-corrected chi connectivity index (χ1v) is 17.4. The summed E-state index contributed by atoms with van der Waals surface area (Å²) in [6.07, 6.45) is 17.9. The van der Waals surface area contributed by atoms with Gasteiger partial charge >= 0.3 is 13.8 Å². The van der Waals surface area contributed by atoms with Crippen molar-refractivity contribution in [2.24, 2.45) is 0 Å². The predicted molar refractivity (Wildman–Crippen MR) is 164 cm³/mol. The Balaban J connectivity index is 4.43. The molecular formula is C30H62N2O8P+. The summed E-state index contributed by atoms with van der Waals surface area (Å²) in [5.74, 6) is -1.35. The summed E-state index contributed by atoms with van der Waals surface area (Å²) >= 11 is 0. The van der Waals surface area contributed by atoms with Gasteiger partial charge in [-0.3, -0.25) is 14.1 Å². The molecule has 0 aromatic rings. The van der Waals surface area contributed by atoms with Crippen LogP contribution in [-0.2, 0) is 23.4 Å². The van der Waals surface area contributed by atoms with Crippen LogP contribution in [0.25, 0.3) is 0 Å². The zero-order chi connectivity index (χ0) is 31.2. The molecule has 0 fully saturated rings. The average molecular weight is 610 g/mol. The van der Waals surface area contributed by atoms with Gasteiger partial charge in [0.05, 0.1) is 33.7 Å². The highest BCUT2D eigenvalue weighted by Crippen LogP contribution is 2.45. The molecule has 0 aromatic carbocycles. The van der Waals surface area contributed by atoms with E-state index in [2.05, 4.69) is 12.2 Å². The van der Waals surface area contributed by atoms with Gasteiger partial charge in [0.1, 0.15) is 12.1 Å². The number of carbonyl (C=O) groups is 2. The standard InChI is InChI=1S/C30H61N2O8P/c1-6-8-9-10-11-12-13-14-15-16-17-18-19-20-21-22-28(33)31-25-27(39-7-2)23-30(24-29(34)35,26-32(3,4)5)40-41(36,37)38/h27H,6-26H2,1-5H3,(H3-,31,33,34,35,36,37,38)/p+1. The van der Waals surface area contributed by atoms with Gasteiger partial charge in [0.25, 0.3) is 0 Å². The molecule has 0 radical (unpaired) electrons. The molecule has 2 unspecified atom stereocenters. The Morgan fingerprint density at radius 3 is 1.68 bits per heavy atom. The lowest BCUT2D eigenvalue weighted by atomic mass is 9.91. The highest BCUT2D eigenvalue weighted by molar-refractivity contribution is 7.46. The number of hydrogen-bond donors (Lipinski definition) is 4. The summed E-state index contributed by atoms with van der Waals surface area (Å²) in [4.78, 5) is 43.3. The Morgan fingerprint density at radius 2 is 1.29 bits per heavy atom. The van der Waals surface area contributed by atoms with Crippen molar-refractivity contribution in [3.05, 3.63) is 0 Å². The van der Waals surface area contributed by atoms with E-state index < -0.39 is 31.9 Å². The molecule has 0 aliphatic rings. The third-order valence-electron chi connectivity index (χ3n) is 7.08. The average Bonchev–Trinajstić information content (AvgIpc) is 2.82. The molecule has 244 valence electrons. The number of likely N-dealkylation sites (N-methyl/N-ethyl adjacent to an activating group) is 1. The van der Waals surface area contributed by atoms with Crippen LogP contribution in [0.5, 0.6) is 0 Å². The summed E-state index contributed by atoms with van der Waals surface area (Å²) in [6.45, 7) is 4.45. The van der Waals surface area contributed by atoms with E-state index in [1.54, 1.807) is 28.1 Å². The van der Waals surface area contributed by atoms with Gasteiger partial charge in [-0.15, -0.1) is 0 Å². The van der Waals surface area contributed by atoms with Gasteiger partial charge in [0.2, 0.25) is 5.91 Å². The largest absolute Gasteiger partial charge is 0.481 e. The van der Waals surface area contributed by atoms with Crippen molar-refractivity contribution in [2.45, 2.75) is 141 Å². The van der Waals surface area contributed by atoms with Crippen molar-refractivity contribution in [1.29, 1.82) is 0 Å². The minimum Gasteiger partial charge on any atom is -0.481 e. The number of phosphoric acid groups is 1. The van der Waals surface area contributed by atoms with Crippen molar-refractivity contribution >= 4 is 19.7 Å². The molecule has 10 nitrogen and oxygen atoms in total. The van der Waals surface area contributed by atoms with E-state index in [1.807, 2.05) is 0 Å². The summed E-state index contributed by atoms with van der Waals surface area (Å²) in [5.41, 5.74) is -1.68. The lowest BCUT2D eigenvalue weighted by molar-refractivity contribution is -0.876. The lowest BCUT2D eigenvalue weighted by Gasteiger charge is -2.39. The Labute approximate surface area is 249 Å². The Kier molecular flexibility index (Phi) is 21.9. The van der Waals surface area contributed by atoms with E-state index in [-0.39, 0.29) is 29.9 Å². The molecular weight excluding hydrogens is 547 g/mol. The number of rotatable bonds is 28. The van der Waals surface area contributed by atoms with Crippen molar-refractivity contribution in [1.82, 2.24) is 5.32 Å². The fourth-order valence-corrected chi connectivity index (χ4v) is 6.20. The van der Waals surface area contributed by atoms with E-state index in [9.17, 15) is 29.0 Å². The molecule has 1 amide bonds. The molecule has 41 heavy (non-hydrogen) atoms. The minimum absolute atomic E-state index is 0.0288. The van der Waals surface area contributed by atoms with Crippen molar-refractivity contribution < 1.29 is 42.8 Å². The third kappa shape index (κ3) is 25.2. The second-order valence-electron chi connectivity index (χ2n) is 12.6. The number of amides is 1. The first-order chi connectivity index (χ1) is 19.2. The maximum absolute atomic E-state index is 12.5. The van der Waals surface area contributed by atoms with Gasteiger partial charge in [-0.1, -0.05) is 96.8 Å². The Morgan fingerprint density at radius 1 is 0.829 bits per heavy atom. The summed E-state index contributed by atoms with van der Waals surface area (Å²) < 4.78 is 22.9. The number of nitrogens with zero attached hydrogens (tertiary/aromatic N) is 1. The summed E-state index contributed by atoms with van der Waals surface area (Å²) in [6, 6.07) is 0. The molecule has 4 N–H and O–H groups in total. The molecule has 0 aliphatic carbocycles. The maximum Gasteiger partial charge on any atom is 0.470 e. The van der Waals surface area contributed by atoms with Crippen LogP contribution in [0.1, 0.15) is 129 Å².